The standard InChI is InChI=1S/C14H17FN2O4/c15-10-1-2-12(16-9-10)14(20)17(6-3-13(18)19)11-4-7-21-8-5-11/h1-2,9,11H,3-8H2,(H,18,19). The first-order valence-electron chi connectivity index (χ1n) is 6.80. The number of amides is 1. The summed E-state index contributed by atoms with van der Waals surface area (Å²) in [4.78, 5) is 28.5. The van der Waals surface area contributed by atoms with Crippen molar-refractivity contribution in [3.63, 3.8) is 0 Å². The van der Waals surface area contributed by atoms with Gasteiger partial charge in [-0.1, -0.05) is 0 Å². The number of carbonyl (C=O) groups is 2. The van der Waals surface area contributed by atoms with Crippen LogP contribution < -0.4 is 0 Å². The highest BCUT2D eigenvalue weighted by atomic mass is 19.1. The maximum absolute atomic E-state index is 12.9. The van der Waals surface area contributed by atoms with Crippen molar-refractivity contribution in [1.29, 1.82) is 0 Å². The summed E-state index contributed by atoms with van der Waals surface area (Å²) in [6, 6.07) is 2.40. The maximum Gasteiger partial charge on any atom is 0.305 e. The number of halogens is 1. The predicted molar refractivity (Wildman–Crippen MR) is 71.3 cm³/mol. The predicted octanol–water partition coefficient (Wildman–Crippen LogP) is 1.32. The van der Waals surface area contributed by atoms with Crippen molar-refractivity contribution < 1.29 is 23.8 Å². The fraction of sp³-hybridized carbons (Fsp3) is 0.500. The number of aliphatic carboxylic acids is 1. The van der Waals surface area contributed by atoms with Gasteiger partial charge in [0.25, 0.3) is 5.91 Å². The van der Waals surface area contributed by atoms with Crippen LogP contribution in [0.4, 0.5) is 4.39 Å². The molecule has 0 aromatic carbocycles. The first-order valence-corrected chi connectivity index (χ1v) is 6.80. The monoisotopic (exact) mass is 296 g/mol. The summed E-state index contributed by atoms with van der Waals surface area (Å²) in [7, 11) is 0. The third kappa shape index (κ3) is 4.22. The zero-order valence-corrected chi connectivity index (χ0v) is 11.5. The van der Waals surface area contributed by atoms with Crippen molar-refractivity contribution in [2.24, 2.45) is 0 Å². The summed E-state index contributed by atoms with van der Waals surface area (Å²) in [5.41, 5.74) is 0.119. The third-order valence-corrected chi connectivity index (χ3v) is 3.41. The van der Waals surface area contributed by atoms with Crippen LogP contribution in [0.15, 0.2) is 18.3 Å². The third-order valence-electron chi connectivity index (χ3n) is 3.41. The van der Waals surface area contributed by atoms with Gasteiger partial charge < -0.3 is 14.7 Å². The van der Waals surface area contributed by atoms with E-state index >= 15 is 0 Å². The second-order valence-electron chi connectivity index (χ2n) is 4.85. The molecule has 0 atom stereocenters. The normalized spacial score (nSPS) is 15.7. The van der Waals surface area contributed by atoms with Crippen molar-refractivity contribution in [1.82, 2.24) is 9.88 Å². The van der Waals surface area contributed by atoms with Crippen molar-refractivity contribution in [3.8, 4) is 0 Å². The van der Waals surface area contributed by atoms with Gasteiger partial charge in [-0.3, -0.25) is 9.59 Å². The second kappa shape index (κ2) is 7.12. The molecule has 1 aliphatic rings. The largest absolute Gasteiger partial charge is 0.481 e. The van der Waals surface area contributed by atoms with E-state index in [0.29, 0.717) is 26.1 Å². The minimum Gasteiger partial charge on any atom is -0.481 e. The number of hydrogen-bond donors (Lipinski definition) is 1. The average Bonchev–Trinajstić information content (AvgIpc) is 2.49. The smallest absolute Gasteiger partial charge is 0.305 e. The lowest BCUT2D eigenvalue weighted by Gasteiger charge is -2.33. The molecular formula is C14H17FN2O4. The SMILES string of the molecule is O=C(O)CCN(C(=O)c1ccc(F)cn1)C1CCOCC1. The Hall–Kier alpha value is -2.02. The van der Waals surface area contributed by atoms with Gasteiger partial charge in [-0.15, -0.1) is 0 Å². The number of hydrogen-bond acceptors (Lipinski definition) is 4. The van der Waals surface area contributed by atoms with E-state index in [1.54, 1.807) is 0 Å². The molecule has 1 N–H and O–H groups in total. The minimum atomic E-state index is -0.966. The van der Waals surface area contributed by atoms with Crippen molar-refractivity contribution >= 4 is 11.9 Å². The number of ether oxygens (including phenoxy) is 1. The van der Waals surface area contributed by atoms with E-state index in [4.69, 9.17) is 9.84 Å². The molecular weight excluding hydrogens is 279 g/mol. The summed E-state index contributed by atoms with van der Waals surface area (Å²) in [6.07, 6.45) is 2.16. The molecule has 0 saturated carbocycles. The molecule has 1 fully saturated rings. The molecule has 1 aromatic heterocycles. The van der Waals surface area contributed by atoms with Gasteiger partial charge in [0.1, 0.15) is 11.5 Å². The van der Waals surface area contributed by atoms with Crippen LogP contribution in [-0.4, -0.2) is 52.7 Å². The molecule has 1 aliphatic heterocycles. The Bertz CT molecular complexity index is 500. The van der Waals surface area contributed by atoms with E-state index in [-0.39, 0.29) is 30.6 Å². The van der Waals surface area contributed by atoms with Crippen molar-refractivity contribution in [2.45, 2.75) is 25.3 Å². The van der Waals surface area contributed by atoms with Crippen LogP contribution in [0.25, 0.3) is 0 Å². The minimum absolute atomic E-state index is 0.0718. The Morgan fingerprint density at radius 1 is 1.38 bits per heavy atom. The van der Waals surface area contributed by atoms with Crippen LogP contribution in [0.1, 0.15) is 29.8 Å². The Morgan fingerprint density at radius 2 is 2.10 bits per heavy atom. The van der Waals surface area contributed by atoms with Crippen molar-refractivity contribution in [2.75, 3.05) is 19.8 Å². The van der Waals surface area contributed by atoms with Gasteiger partial charge in [-0.05, 0) is 25.0 Å². The van der Waals surface area contributed by atoms with E-state index < -0.39 is 11.8 Å². The van der Waals surface area contributed by atoms with E-state index in [0.717, 1.165) is 6.20 Å². The highest BCUT2D eigenvalue weighted by Gasteiger charge is 2.27. The topological polar surface area (TPSA) is 79.7 Å². The second-order valence-corrected chi connectivity index (χ2v) is 4.85. The number of rotatable bonds is 5. The molecule has 1 amide bonds. The van der Waals surface area contributed by atoms with Crippen LogP contribution in [0.5, 0.6) is 0 Å². The molecule has 0 aliphatic carbocycles. The van der Waals surface area contributed by atoms with E-state index in [9.17, 15) is 14.0 Å². The summed E-state index contributed by atoms with van der Waals surface area (Å²) in [6.45, 7) is 1.19. The summed E-state index contributed by atoms with van der Waals surface area (Å²) in [5.74, 6) is -1.86. The summed E-state index contributed by atoms with van der Waals surface area (Å²) in [5, 5.41) is 8.82. The number of carbonyl (C=O) groups excluding carboxylic acids is 1. The molecule has 7 heteroatoms. The van der Waals surface area contributed by atoms with Crippen LogP contribution >= 0.6 is 0 Å². The summed E-state index contributed by atoms with van der Waals surface area (Å²) < 4.78 is 18.1. The number of carboxylic acid groups (broad SMARTS) is 1. The Morgan fingerprint density at radius 3 is 2.67 bits per heavy atom. The number of carboxylic acids is 1. The lowest BCUT2D eigenvalue weighted by molar-refractivity contribution is -0.137. The highest BCUT2D eigenvalue weighted by molar-refractivity contribution is 5.92. The lowest BCUT2D eigenvalue weighted by atomic mass is 10.1. The van der Waals surface area contributed by atoms with Crippen molar-refractivity contribution in [3.05, 3.63) is 29.8 Å². The average molecular weight is 296 g/mol. The molecule has 6 nitrogen and oxygen atoms in total. The molecule has 114 valence electrons. The van der Waals surface area contributed by atoms with Crippen LogP contribution in [0.2, 0.25) is 0 Å². The zero-order valence-electron chi connectivity index (χ0n) is 11.5. The van der Waals surface area contributed by atoms with E-state index in [1.165, 1.54) is 17.0 Å². The molecule has 0 unspecified atom stereocenters. The fourth-order valence-corrected chi connectivity index (χ4v) is 2.31. The Kier molecular flexibility index (Phi) is 5.21. The first kappa shape index (κ1) is 15.4. The maximum atomic E-state index is 12.9. The molecule has 0 bridgehead atoms. The zero-order chi connectivity index (χ0) is 15.2. The number of pyridine rings is 1. The van der Waals surface area contributed by atoms with Gasteiger partial charge >= 0.3 is 5.97 Å². The number of aromatic nitrogens is 1. The molecule has 0 radical (unpaired) electrons. The van der Waals surface area contributed by atoms with Crippen LogP contribution in [-0.2, 0) is 9.53 Å². The van der Waals surface area contributed by atoms with Gasteiger partial charge in [0.15, 0.2) is 0 Å². The van der Waals surface area contributed by atoms with Gasteiger partial charge in [-0.2, -0.15) is 0 Å². The molecule has 1 aromatic rings. The molecule has 2 rings (SSSR count). The van der Waals surface area contributed by atoms with Gasteiger partial charge in [0.2, 0.25) is 0 Å². The van der Waals surface area contributed by atoms with Gasteiger partial charge in [0.05, 0.1) is 12.6 Å². The number of nitrogens with zero attached hydrogens (tertiary/aromatic N) is 2. The van der Waals surface area contributed by atoms with Gasteiger partial charge in [-0.25, -0.2) is 9.37 Å². The Balaban J connectivity index is 2.14. The van der Waals surface area contributed by atoms with Crippen LogP contribution in [0, 0.1) is 5.82 Å². The molecule has 2 heterocycles. The van der Waals surface area contributed by atoms with Crippen LogP contribution in [0.3, 0.4) is 0 Å². The fourth-order valence-electron chi connectivity index (χ4n) is 2.31. The molecule has 21 heavy (non-hydrogen) atoms. The molecule has 1 saturated heterocycles. The lowest BCUT2D eigenvalue weighted by Crippen LogP contribution is -2.44. The van der Waals surface area contributed by atoms with Gasteiger partial charge in [0, 0.05) is 25.8 Å². The quantitative estimate of drug-likeness (QED) is 0.886. The summed E-state index contributed by atoms with van der Waals surface area (Å²) >= 11 is 0. The van der Waals surface area contributed by atoms with E-state index in [2.05, 4.69) is 4.98 Å². The molecule has 0 spiro atoms. The van der Waals surface area contributed by atoms with E-state index in [1.807, 2.05) is 0 Å². The Labute approximate surface area is 121 Å². The highest BCUT2D eigenvalue weighted by Crippen LogP contribution is 2.17. The first-order chi connectivity index (χ1) is 10.1.